The molecule has 0 bridgehead atoms. The van der Waals surface area contributed by atoms with Crippen molar-refractivity contribution in [1.82, 2.24) is 0 Å². The first-order valence-electron chi connectivity index (χ1n) is 4.53. The zero-order valence-corrected chi connectivity index (χ0v) is 8.10. The van der Waals surface area contributed by atoms with E-state index in [1.807, 2.05) is 37.3 Å². The highest BCUT2D eigenvalue weighted by Crippen LogP contribution is 2.05. The smallest absolute Gasteiger partial charge is 0.0807 e. The molecule has 0 aliphatic heterocycles. The van der Waals surface area contributed by atoms with E-state index in [4.69, 9.17) is 4.74 Å². The first-order chi connectivity index (χ1) is 6.20. The average molecular weight is 180 g/mol. The summed E-state index contributed by atoms with van der Waals surface area (Å²) in [4.78, 5) is 0. The highest BCUT2D eigenvalue weighted by atomic mass is 16.5. The molecule has 0 saturated heterocycles. The first kappa shape index (κ1) is 10.2. The van der Waals surface area contributed by atoms with Crippen molar-refractivity contribution in [1.29, 1.82) is 0 Å². The third kappa shape index (κ3) is 3.57. The van der Waals surface area contributed by atoms with Crippen LogP contribution in [0.25, 0.3) is 0 Å². The van der Waals surface area contributed by atoms with Crippen molar-refractivity contribution in [2.45, 2.75) is 32.7 Å². The second kappa shape index (κ2) is 5.00. The van der Waals surface area contributed by atoms with Crippen LogP contribution >= 0.6 is 0 Å². The standard InChI is InChI=1S/C11H16O2/c1-9(12)10(2)13-8-11-6-4-3-5-7-11/h3-7,9-10,12H,8H2,1-2H3/t9-,10-/m0/s1. The Hall–Kier alpha value is -0.860. The Morgan fingerprint density at radius 1 is 1.23 bits per heavy atom. The van der Waals surface area contributed by atoms with Crippen LogP contribution in [0, 0.1) is 0 Å². The van der Waals surface area contributed by atoms with Gasteiger partial charge >= 0.3 is 0 Å². The van der Waals surface area contributed by atoms with E-state index in [-0.39, 0.29) is 6.10 Å². The Balaban J connectivity index is 2.35. The van der Waals surface area contributed by atoms with Gasteiger partial charge in [-0.25, -0.2) is 0 Å². The minimum atomic E-state index is -0.413. The van der Waals surface area contributed by atoms with E-state index in [2.05, 4.69) is 0 Å². The van der Waals surface area contributed by atoms with Crippen LogP contribution in [0.2, 0.25) is 0 Å². The number of rotatable bonds is 4. The quantitative estimate of drug-likeness (QED) is 0.767. The van der Waals surface area contributed by atoms with E-state index < -0.39 is 6.10 Å². The fourth-order valence-corrected chi connectivity index (χ4v) is 0.941. The van der Waals surface area contributed by atoms with Gasteiger partial charge in [-0.1, -0.05) is 30.3 Å². The number of aliphatic hydroxyl groups is 1. The SMILES string of the molecule is C[C@H](O)[C@H](C)OCc1ccccc1. The van der Waals surface area contributed by atoms with Crippen LogP contribution in [0.3, 0.4) is 0 Å². The van der Waals surface area contributed by atoms with Crippen LogP contribution in [0.4, 0.5) is 0 Å². The molecule has 0 unspecified atom stereocenters. The molecule has 0 saturated carbocycles. The lowest BCUT2D eigenvalue weighted by Crippen LogP contribution is -2.22. The van der Waals surface area contributed by atoms with Gasteiger partial charge in [0.05, 0.1) is 18.8 Å². The molecular weight excluding hydrogens is 164 g/mol. The second-order valence-corrected chi connectivity index (χ2v) is 3.24. The molecule has 0 spiro atoms. The minimum Gasteiger partial charge on any atom is -0.391 e. The molecule has 0 aliphatic carbocycles. The Morgan fingerprint density at radius 2 is 1.85 bits per heavy atom. The monoisotopic (exact) mass is 180 g/mol. The summed E-state index contributed by atoms with van der Waals surface area (Å²) in [6, 6.07) is 9.95. The molecule has 1 N–H and O–H groups in total. The zero-order valence-electron chi connectivity index (χ0n) is 8.10. The van der Waals surface area contributed by atoms with E-state index in [1.54, 1.807) is 6.92 Å². The molecular formula is C11H16O2. The summed E-state index contributed by atoms with van der Waals surface area (Å²) in [7, 11) is 0. The van der Waals surface area contributed by atoms with Crippen molar-refractivity contribution in [2.75, 3.05) is 0 Å². The number of ether oxygens (including phenoxy) is 1. The molecule has 0 aromatic heterocycles. The normalized spacial score (nSPS) is 15.3. The van der Waals surface area contributed by atoms with Crippen LogP contribution < -0.4 is 0 Å². The topological polar surface area (TPSA) is 29.5 Å². The van der Waals surface area contributed by atoms with Gasteiger partial charge in [-0.15, -0.1) is 0 Å². The first-order valence-corrected chi connectivity index (χ1v) is 4.53. The molecule has 0 fully saturated rings. The van der Waals surface area contributed by atoms with E-state index in [0.29, 0.717) is 6.61 Å². The van der Waals surface area contributed by atoms with Crippen LogP contribution in [-0.2, 0) is 11.3 Å². The lowest BCUT2D eigenvalue weighted by molar-refractivity contribution is -0.0268. The van der Waals surface area contributed by atoms with Gasteiger partial charge in [0.2, 0.25) is 0 Å². The van der Waals surface area contributed by atoms with Crippen molar-refractivity contribution < 1.29 is 9.84 Å². The second-order valence-electron chi connectivity index (χ2n) is 3.24. The van der Waals surface area contributed by atoms with Gasteiger partial charge in [0.25, 0.3) is 0 Å². The van der Waals surface area contributed by atoms with E-state index in [0.717, 1.165) is 5.56 Å². The van der Waals surface area contributed by atoms with Gasteiger partial charge < -0.3 is 9.84 Å². The third-order valence-electron chi connectivity index (χ3n) is 2.04. The lowest BCUT2D eigenvalue weighted by Gasteiger charge is -2.15. The Kier molecular flexibility index (Phi) is 3.93. The predicted octanol–water partition coefficient (Wildman–Crippen LogP) is 1.97. The minimum absolute atomic E-state index is 0.111. The number of benzene rings is 1. The molecule has 72 valence electrons. The summed E-state index contributed by atoms with van der Waals surface area (Å²) in [6.07, 6.45) is -0.524. The maximum Gasteiger partial charge on any atom is 0.0807 e. The fourth-order valence-electron chi connectivity index (χ4n) is 0.941. The number of aliphatic hydroxyl groups excluding tert-OH is 1. The molecule has 1 aromatic carbocycles. The summed E-state index contributed by atoms with van der Waals surface area (Å²) < 4.78 is 5.44. The molecule has 2 nitrogen and oxygen atoms in total. The highest BCUT2D eigenvalue weighted by molar-refractivity contribution is 5.13. The summed E-state index contributed by atoms with van der Waals surface area (Å²) in [5.41, 5.74) is 1.13. The molecule has 0 aliphatic rings. The molecule has 2 atom stereocenters. The van der Waals surface area contributed by atoms with Crippen LogP contribution in [0.1, 0.15) is 19.4 Å². The molecule has 0 heterocycles. The predicted molar refractivity (Wildman–Crippen MR) is 52.4 cm³/mol. The fraction of sp³-hybridized carbons (Fsp3) is 0.455. The summed E-state index contributed by atoms with van der Waals surface area (Å²) in [5.74, 6) is 0. The van der Waals surface area contributed by atoms with Gasteiger partial charge in [-0.3, -0.25) is 0 Å². The van der Waals surface area contributed by atoms with Crippen molar-refractivity contribution >= 4 is 0 Å². The summed E-state index contributed by atoms with van der Waals surface area (Å²) in [5, 5.41) is 9.17. The number of hydrogen-bond acceptors (Lipinski definition) is 2. The lowest BCUT2D eigenvalue weighted by atomic mass is 10.2. The van der Waals surface area contributed by atoms with Gasteiger partial charge in [-0.2, -0.15) is 0 Å². The van der Waals surface area contributed by atoms with Crippen LogP contribution in [-0.4, -0.2) is 17.3 Å². The van der Waals surface area contributed by atoms with Crippen molar-refractivity contribution in [2.24, 2.45) is 0 Å². The Morgan fingerprint density at radius 3 is 2.38 bits per heavy atom. The molecule has 0 radical (unpaired) electrons. The van der Waals surface area contributed by atoms with Gasteiger partial charge in [0.15, 0.2) is 0 Å². The average Bonchev–Trinajstić information content (AvgIpc) is 2.15. The summed E-state index contributed by atoms with van der Waals surface area (Å²) in [6.45, 7) is 4.16. The Bertz CT molecular complexity index is 231. The van der Waals surface area contributed by atoms with E-state index in [9.17, 15) is 5.11 Å². The van der Waals surface area contributed by atoms with Crippen molar-refractivity contribution in [3.8, 4) is 0 Å². The van der Waals surface area contributed by atoms with Crippen molar-refractivity contribution in [3.63, 3.8) is 0 Å². The molecule has 2 heteroatoms. The third-order valence-corrected chi connectivity index (χ3v) is 2.04. The number of hydrogen-bond donors (Lipinski definition) is 1. The maximum absolute atomic E-state index is 9.17. The van der Waals surface area contributed by atoms with Gasteiger partial charge in [-0.05, 0) is 19.4 Å². The Labute approximate surface area is 79.2 Å². The van der Waals surface area contributed by atoms with Crippen LogP contribution in [0.15, 0.2) is 30.3 Å². The molecule has 0 amide bonds. The van der Waals surface area contributed by atoms with Gasteiger partial charge in [0, 0.05) is 0 Å². The largest absolute Gasteiger partial charge is 0.391 e. The van der Waals surface area contributed by atoms with Crippen LogP contribution in [0.5, 0.6) is 0 Å². The van der Waals surface area contributed by atoms with Gasteiger partial charge in [0.1, 0.15) is 0 Å². The molecule has 1 aromatic rings. The zero-order chi connectivity index (χ0) is 9.68. The van der Waals surface area contributed by atoms with Crippen molar-refractivity contribution in [3.05, 3.63) is 35.9 Å². The van der Waals surface area contributed by atoms with E-state index >= 15 is 0 Å². The van der Waals surface area contributed by atoms with E-state index in [1.165, 1.54) is 0 Å². The molecule has 1 rings (SSSR count). The maximum atomic E-state index is 9.17. The highest BCUT2D eigenvalue weighted by Gasteiger charge is 2.08. The summed E-state index contributed by atoms with van der Waals surface area (Å²) >= 11 is 0. The molecule has 13 heavy (non-hydrogen) atoms.